The summed E-state index contributed by atoms with van der Waals surface area (Å²) in [5, 5.41) is 16.5. The first-order valence-electron chi connectivity index (χ1n) is 4.94. The van der Waals surface area contributed by atoms with Gasteiger partial charge in [-0.2, -0.15) is 0 Å². The summed E-state index contributed by atoms with van der Waals surface area (Å²) in [5.74, 6) is 0.612. The zero-order chi connectivity index (χ0) is 13.3. The minimum atomic E-state index is -3.83. The van der Waals surface area contributed by atoms with Gasteiger partial charge < -0.3 is 9.52 Å². The zero-order valence-corrected chi connectivity index (χ0v) is 11.3. The van der Waals surface area contributed by atoms with Gasteiger partial charge >= 0.3 is 0 Å². The lowest BCUT2D eigenvalue weighted by Crippen LogP contribution is -2.15. The van der Waals surface area contributed by atoms with E-state index in [0.717, 1.165) is 11.3 Å². The number of nitrogens with zero attached hydrogens (tertiary/aromatic N) is 2. The molecule has 7 nitrogen and oxygen atoms in total. The van der Waals surface area contributed by atoms with Gasteiger partial charge in [-0.15, -0.1) is 10.2 Å². The fraction of sp³-hybridized carbons (Fsp3) is 0.333. The molecular weight excluding hydrogens is 278 g/mol. The molecule has 0 saturated carbocycles. The average molecular weight is 289 g/mol. The lowest BCUT2D eigenvalue weighted by molar-refractivity contribution is 0.276. The number of rotatable bonds is 4. The first-order valence-corrected chi connectivity index (χ1v) is 7.30. The lowest BCUT2D eigenvalue weighted by atomic mass is 10.2. The Hall–Kier alpha value is -1.45. The monoisotopic (exact) mass is 289 g/mol. The fourth-order valence-electron chi connectivity index (χ4n) is 1.63. The Morgan fingerprint density at radius 3 is 2.72 bits per heavy atom. The van der Waals surface area contributed by atoms with Crippen LogP contribution >= 0.6 is 11.3 Å². The first-order chi connectivity index (χ1) is 8.45. The van der Waals surface area contributed by atoms with E-state index in [4.69, 9.17) is 4.42 Å². The predicted octanol–water partition coefficient (Wildman–Crippen LogP) is 1.04. The highest BCUT2D eigenvalue weighted by atomic mass is 32.2. The second-order valence-electron chi connectivity index (χ2n) is 3.53. The number of aliphatic hydroxyl groups excluding tert-OH is 1. The number of nitrogens with one attached hydrogen (secondary N) is 1. The summed E-state index contributed by atoms with van der Waals surface area (Å²) in [6, 6.07) is 0. The molecule has 2 aromatic heterocycles. The second kappa shape index (κ2) is 4.67. The second-order valence-corrected chi connectivity index (χ2v) is 5.98. The third kappa shape index (κ3) is 2.24. The molecule has 2 heterocycles. The third-order valence-corrected chi connectivity index (χ3v) is 4.60. The number of anilines is 1. The number of furan rings is 1. The van der Waals surface area contributed by atoms with Crippen molar-refractivity contribution < 1.29 is 17.9 Å². The maximum absolute atomic E-state index is 12.2. The number of aliphatic hydroxyl groups is 1. The van der Waals surface area contributed by atoms with Crippen molar-refractivity contribution in [3.05, 3.63) is 22.6 Å². The van der Waals surface area contributed by atoms with E-state index in [1.165, 1.54) is 12.4 Å². The van der Waals surface area contributed by atoms with Crippen molar-refractivity contribution in [2.75, 3.05) is 4.72 Å². The molecule has 0 radical (unpaired) electrons. The van der Waals surface area contributed by atoms with Gasteiger partial charge in [0.1, 0.15) is 21.9 Å². The standard InChI is InChI=1S/C9H11N3O4S2/c1-5-7(3-13)8(6(2)16-5)18(14,15)12-9-11-10-4-17-9/h4,13H,3H2,1-2H3,(H,11,12). The van der Waals surface area contributed by atoms with Crippen LogP contribution in [0.3, 0.4) is 0 Å². The van der Waals surface area contributed by atoms with Crippen LogP contribution in [0.2, 0.25) is 0 Å². The van der Waals surface area contributed by atoms with Crippen molar-refractivity contribution >= 4 is 26.5 Å². The Kier molecular flexibility index (Phi) is 3.37. The van der Waals surface area contributed by atoms with Crippen molar-refractivity contribution in [1.82, 2.24) is 10.2 Å². The Balaban J connectivity index is 2.47. The van der Waals surface area contributed by atoms with Crippen LogP contribution in [0.15, 0.2) is 14.8 Å². The Morgan fingerprint density at radius 1 is 1.44 bits per heavy atom. The van der Waals surface area contributed by atoms with Gasteiger partial charge in [0.25, 0.3) is 10.0 Å². The summed E-state index contributed by atoms with van der Waals surface area (Å²) in [7, 11) is -3.83. The molecule has 0 fully saturated rings. The number of hydrogen-bond donors (Lipinski definition) is 2. The van der Waals surface area contributed by atoms with E-state index in [2.05, 4.69) is 14.9 Å². The summed E-state index contributed by atoms with van der Waals surface area (Å²) in [6.45, 7) is 2.72. The molecule has 9 heteroatoms. The molecule has 0 amide bonds. The van der Waals surface area contributed by atoms with Gasteiger partial charge in [0.15, 0.2) is 0 Å². The SMILES string of the molecule is Cc1oc(C)c(S(=O)(=O)Nc2nncs2)c1CO. The highest BCUT2D eigenvalue weighted by Crippen LogP contribution is 2.28. The van der Waals surface area contributed by atoms with Crippen molar-refractivity contribution in [3.63, 3.8) is 0 Å². The highest BCUT2D eigenvalue weighted by Gasteiger charge is 2.27. The molecule has 0 spiro atoms. The molecule has 0 aromatic carbocycles. The van der Waals surface area contributed by atoms with Crippen molar-refractivity contribution in [2.24, 2.45) is 0 Å². The number of sulfonamides is 1. The molecule has 0 aliphatic heterocycles. The molecule has 2 N–H and O–H groups in total. The van der Waals surface area contributed by atoms with E-state index in [9.17, 15) is 13.5 Å². The Labute approximate surface area is 108 Å². The van der Waals surface area contributed by atoms with Crippen LogP contribution < -0.4 is 4.72 Å². The summed E-state index contributed by atoms with van der Waals surface area (Å²) >= 11 is 1.06. The topological polar surface area (TPSA) is 105 Å². The summed E-state index contributed by atoms with van der Waals surface area (Å²) in [4.78, 5) is -0.0438. The summed E-state index contributed by atoms with van der Waals surface area (Å²) in [6.07, 6.45) is 0. The largest absolute Gasteiger partial charge is 0.465 e. The molecule has 0 unspecified atom stereocenters. The number of hydrogen-bond acceptors (Lipinski definition) is 7. The molecule has 0 aliphatic carbocycles. The predicted molar refractivity (Wildman–Crippen MR) is 64.8 cm³/mol. The number of aromatic nitrogens is 2. The van der Waals surface area contributed by atoms with Crippen LogP contribution in [-0.2, 0) is 16.6 Å². The molecule has 2 aromatic rings. The van der Waals surface area contributed by atoms with Gasteiger partial charge in [-0.1, -0.05) is 11.3 Å². The smallest absolute Gasteiger partial charge is 0.267 e. The summed E-state index contributed by atoms with van der Waals surface area (Å²) in [5.41, 5.74) is 1.67. The van der Waals surface area contributed by atoms with E-state index in [-0.39, 0.29) is 21.4 Å². The first kappa shape index (κ1) is 13.0. The third-order valence-electron chi connectivity index (χ3n) is 2.33. The molecule has 98 valence electrons. The van der Waals surface area contributed by atoms with Gasteiger partial charge in [0.2, 0.25) is 5.13 Å². The van der Waals surface area contributed by atoms with Gasteiger partial charge in [-0.05, 0) is 13.8 Å². The normalized spacial score (nSPS) is 11.7. The van der Waals surface area contributed by atoms with E-state index in [0.29, 0.717) is 5.76 Å². The molecule has 2 rings (SSSR count). The van der Waals surface area contributed by atoms with Crippen molar-refractivity contribution in [1.29, 1.82) is 0 Å². The Bertz CT molecular complexity index is 646. The van der Waals surface area contributed by atoms with E-state index in [1.54, 1.807) is 6.92 Å². The maximum Gasteiger partial charge on any atom is 0.267 e. The average Bonchev–Trinajstić information content (AvgIpc) is 2.85. The van der Waals surface area contributed by atoms with Crippen molar-refractivity contribution in [3.8, 4) is 0 Å². The van der Waals surface area contributed by atoms with Gasteiger partial charge in [-0.3, -0.25) is 4.72 Å². The van der Waals surface area contributed by atoms with Crippen LogP contribution in [-0.4, -0.2) is 23.7 Å². The van der Waals surface area contributed by atoms with Crippen LogP contribution in [0, 0.1) is 13.8 Å². The van der Waals surface area contributed by atoms with Crippen LogP contribution in [0.5, 0.6) is 0 Å². The molecule has 0 bridgehead atoms. The maximum atomic E-state index is 12.2. The van der Waals surface area contributed by atoms with Crippen LogP contribution in [0.4, 0.5) is 5.13 Å². The number of aryl methyl sites for hydroxylation is 2. The fourth-order valence-corrected chi connectivity index (χ4v) is 3.76. The minimum absolute atomic E-state index is 0.0438. The Morgan fingerprint density at radius 2 is 2.17 bits per heavy atom. The minimum Gasteiger partial charge on any atom is -0.465 e. The van der Waals surface area contributed by atoms with E-state index >= 15 is 0 Å². The van der Waals surface area contributed by atoms with Crippen molar-refractivity contribution in [2.45, 2.75) is 25.3 Å². The lowest BCUT2D eigenvalue weighted by Gasteiger charge is -2.05. The van der Waals surface area contributed by atoms with Gasteiger partial charge in [0, 0.05) is 5.56 Å². The molecule has 0 atom stereocenters. The van der Waals surface area contributed by atoms with Gasteiger partial charge in [-0.25, -0.2) is 8.42 Å². The van der Waals surface area contributed by atoms with E-state index < -0.39 is 16.6 Å². The molecule has 0 aliphatic rings. The highest BCUT2D eigenvalue weighted by molar-refractivity contribution is 7.93. The van der Waals surface area contributed by atoms with Gasteiger partial charge in [0.05, 0.1) is 6.61 Å². The zero-order valence-electron chi connectivity index (χ0n) is 9.67. The molecule has 0 saturated heterocycles. The van der Waals surface area contributed by atoms with Crippen LogP contribution in [0.25, 0.3) is 0 Å². The van der Waals surface area contributed by atoms with Crippen LogP contribution in [0.1, 0.15) is 17.1 Å². The quantitative estimate of drug-likeness (QED) is 0.871. The van der Waals surface area contributed by atoms with E-state index in [1.807, 2.05) is 0 Å². The molecule has 18 heavy (non-hydrogen) atoms. The molecular formula is C9H11N3O4S2. The summed E-state index contributed by atoms with van der Waals surface area (Å²) < 4.78 is 31.9.